The van der Waals surface area contributed by atoms with Crippen molar-refractivity contribution in [2.75, 3.05) is 41.0 Å². The van der Waals surface area contributed by atoms with Crippen molar-refractivity contribution in [2.24, 2.45) is 0 Å². The minimum atomic E-state index is -1.13. The van der Waals surface area contributed by atoms with Crippen LogP contribution in [0.2, 0.25) is 0 Å². The lowest BCUT2D eigenvalue weighted by atomic mass is 10.0. The van der Waals surface area contributed by atoms with E-state index in [4.69, 9.17) is 14.2 Å². The Labute approximate surface area is 344 Å². The molecular formula is C48H87NO7. The number of carbonyl (C=O) groups is 3. The van der Waals surface area contributed by atoms with Crippen molar-refractivity contribution in [3.63, 3.8) is 0 Å². The van der Waals surface area contributed by atoms with Gasteiger partial charge in [-0.1, -0.05) is 172 Å². The molecule has 2 atom stereocenters. The van der Waals surface area contributed by atoms with E-state index < -0.39 is 18.1 Å². The average Bonchev–Trinajstić information content (AvgIpc) is 3.15. The molecule has 0 spiro atoms. The van der Waals surface area contributed by atoms with Crippen LogP contribution < -0.4 is 5.11 Å². The first-order valence-electron chi connectivity index (χ1n) is 23.0. The van der Waals surface area contributed by atoms with Gasteiger partial charge in [-0.05, 0) is 44.9 Å². The Balaban J connectivity index is 4.39. The van der Waals surface area contributed by atoms with E-state index in [9.17, 15) is 19.5 Å². The molecule has 0 rings (SSSR count). The van der Waals surface area contributed by atoms with Gasteiger partial charge in [-0.25, -0.2) is 0 Å². The third-order valence-electron chi connectivity index (χ3n) is 10.3. The molecule has 0 amide bonds. The smallest absolute Gasteiger partial charge is 0.306 e. The first-order valence-corrected chi connectivity index (χ1v) is 23.0. The van der Waals surface area contributed by atoms with Crippen LogP contribution >= 0.6 is 0 Å². The van der Waals surface area contributed by atoms with Crippen molar-refractivity contribution in [2.45, 2.75) is 212 Å². The lowest BCUT2D eigenvalue weighted by Gasteiger charge is -2.34. The summed E-state index contributed by atoms with van der Waals surface area (Å²) < 4.78 is 17.1. The molecule has 0 aliphatic heterocycles. The first kappa shape index (κ1) is 53.6. The number of hydrogen-bond acceptors (Lipinski definition) is 7. The van der Waals surface area contributed by atoms with Crippen molar-refractivity contribution < 1.29 is 38.2 Å². The Bertz CT molecular complexity index is 1020. The van der Waals surface area contributed by atoms with Gasteiger partial charge in [-0.2, -0.15) is 0 Å². The summed E-state index contributed by atoms with van der Waals surface area (Å²) in [7, 11) is 5.40. The molecule has 0 aromatic heterocycles. The van der Waals surface area contributed by atoms with Crippen molar-refractivity contribution in [3.8, 4) is 0 Å². The number of unbranched alkanes of at least 4 members (excludes halogenated alkanes) is 21. The number of nitrogens with zero attached hydrogens (tertiary/aromatic N) is 1. The van der Waals surface area contributed by atoms with E-state index in [1.807, 2.05) is 0 Å². The molecule has 56 heavy (non-hydrogen) atoms. The van der Waals surface area contributed by atoms with Crippen LogP contribution in [0.4, 0.5) is 0 Å². The van der Waals surface area contributed by atoms with Gasteiger partial charge in [0.15, 0.2) is 6.10 Å². The maximum Gasteiger partial charge on any atom is 0.306 e. The molecule has 0 aliphatic rings. The van der Waals surface area contributed by atoms with Gasteiger partial charge < -0.3 is 28.6 Å². The molecule has 0 aromatic rings. The van der Waals surface area contributed by atoms with E-state index in [1.165, 1.54) is 122 Å². The summed E-state index contributed by atoms with van der Waals surface area (Å²) in [6.45, 7) is 4.62. The van der Waals surface area contributed by atoms with E-state index in [0.717, 1.165) is 38.5 Å². The van der Waals surface area contributed by atoms with Gasteiger partial charge in [-0.3, -0.25) is 9.59 Å². The standard InChI is InChI=1S/C48H87NO7/c1-6-8-10-12-14-16-18-20-22-23-25-26-28-30-32-34-36-38-46(50)55-43-44(42-54-41-40-45(48(52)53)49(3,4)5)56-47(51)39-37-35-33-31-29-27-24-21-19-17-15-13-11-9-7-2/h20,22,25-26,30,32,44-45H,6-19,21,23-24,27-29,31,33-43H2,1-5H3/b22-20+,26-25+,32-30+. The monoisotopic (exact) mass is 790 g/mol. The summed E-state index contributed by atoms with van der Waals surface area (Å²) in [6, 6.07) is -0.731. The predicted octanol–water partition coefficient (Wildman–Crippen LogP) is 11.3. The SMILES string of the molecule is CCCCCCCC/C=C/C/C=C/C/C=C/CCCC(=O)OCC(COCCC(C(=O)[O-])[N+](C)(C)C)OC(=O)CCCCCCCCCCCCCCCCC. The van der Waals surface area contributed by atoms with Gasteiger partial charge in [-0.15, -0.1) is 0 Å². The molecule has 0 aliphatic carbocycles. The van der Waals surface area contributed by atoms with Crippen molar-refractivity contribution >= 4 is 17.9 Å². The van der Waals surface area contributed by atoms with Crippen molar-refractivity contribution in [1.82, 2.24) is 0 Å². The minimum absolute atomic E-state index is 0.0277. The minimum Gasteiger partial charge on any atom is -0.544 e. The number of carbonyl (C=O) groups excluding carboxylic acids is 3. The van der Waals surface area contributed by atoms with Crippen LogP contribution in [0.15, 0.2) is 36.5 Å². The molecule has 2 unspecified atom stereocenters. The zero-order valence-electron chi connectivity index (χ0n) is 37.1. The van der Waals surface area contributed by atoms with Crippen molar-refractivity contribution in [1.29, 1.82) is 0 Å². The summed E-state index contributed by atoms with van der Waals surface area (Å²) in [5.74, 6) is -1.79. The maximum absolute atomic E-state index is 12.7. The summed E-state index contributed by atoms with van der Waals surface area (Å²) in [4.78, 5) is 36.8. The number of quaternary nitrogens is 1. The fourth-order valence-electron chi connectivity index (χ4n) is 6.68. The van der Waals surface area contributed by atoms with Gasteiger partial charge in [0.05, 0.1) is 40.3 Å². The van der Waals surface area contributed by atoms with Crippen LogP contribution in [0.25, 0.3) is 0 Å². The van der Waals surface area contributed by atoms with Gasteiger partial charge >= 0.3 is 11.9 Å². The molecule has 0 bridgehead atoms. The Hall–Kier alpha value is -2.45. The highest BCUT2D eigenvalue weighted by Crippen LogP contribution is 2.15. The summed E-state index contributed by atoms with van der Waals surface area (Å²) in [5.41, 5.74) is 0. The zero-order chi connectivity index (χ0) is 41.4. The fraction of sp³-hybridized carbons (Fsp3) is 0.812. The number of carboxylic acid groups (broad SMARTS) is 1. The van der Waals surface area contributed by atoms with E-state index in [2.05, 4.69) is 50.3 Å². The number of carboxylic acids is 1. The average molecular weight is 790 g/mol. The Morgan fingerprint density at radius 3 is 1.45 bits per heavy atom. The molecule has 8 nitrogen and oxygen atoms in total. The molecule has 0 aromatic carbocycles. The Kier molecular flexibility index (Phi) is 37.7. The lowest BCUT2D eigenvalue weighted by molar-refractivity contribution is -0.889. The number of allylic oxidation sites excluding steroid dienone is 6. The Morgan fingerprint density at radius 2 is 0.964 bits per heavy atom. The van der Waals surface area contributed by atoms with Crippen LogP contribution in [-0.2, 0) is 28.6 Å². The quantitative estimate of drug-likeness (QED) is 0.0263. The van der Waals surface area contributed by atoms with E-state index in [-0.39, 0.29) is 49.1 Å². The third-order valence-corrected chi connectivity index (χ3v) is 10.3. The maximum atomic E-state index is 12.7. The highest BCUT2D eigenvalue weighted by Gasteiger charge is 2.25. The second kappa shape index (κ2) is 39.4. The second-order valence-corrected chi connectivity index (χ2v) is 16.6. The van der Waals surface area contributed by atoms with Crippen LogP contribution in [0.3, 0.4) is 0 Å². The summed E-state index contributed by atoms with van der Waals surface area (Å²) in [6.07, 6.45) is 44.6. The molecular weight excluding hydrogens is 703 g/mol. The number of aliphatic carboxylic acids is 1. The van der Waals surface area contributed by atoms with Crippen LogP contribution in [-0.4, -0.2) is 75.5 Å². The number of hydrogen-bond donors (Lipinski definition) is 0. The van der Waals surface area contributed by atoms with E-state index in [1.54, 1.807) is 21.1 Å². The fourth-order valence-corrected chi connectivity index (χ4v) is 6.68. The van der Waals surface area contributed by atoms with Gasteiger partial charge in [0.1, 0.15) is 12.6 Å². The zero-order valence-corrected chi connectivity index (χ0v) is 37.1. The molecule has 0 fully saturated rings. The van der Waals surface area contributed by atoms with Gasteiger partial charge in [0, 0.05) is 19.3 Å². The lowest BCUT2D eigenvalue weighted by Crippen LogP contribution is -2.55. The second-order valence-electron chi connectivity index (χ2n) is 16.6. The Morgan fingerprint density at radius 1 is 0.536 bits per heavy atom. The highest BCUT2D eigenvalue weighted by atomic mass is 16.6. The largest absolute Gasteiger partial charge is 0.544 e. The molecule has 0 heterocycles. The van der Waals surface area contributed by atoms with Crippen LogP contribution in [0, 0.1) is 0 Å². The van der Waals surface area contributed by atoms with E-state index >= 15 is 0 Å². The summed E-state index contributed by atoms with van der Waals surface area (Å²) >= 11 is 0. The van der Waals surface area contributed by atoms with Crippen LogP contribution in [0.5, 0.6) is 0 Å². The topological polar surface area (TPSA) is 102 Å². The molecule has 0 radical (unpaired) electrons. The van der Waals surface area contributed by atoms with E-state index in [0.29, 0.717) is 12.8 Å². The van der Waals surface area contributed by atoms with Gasteiger partial charge in [0.2, 0.25) is 0 Å². The molecule has 326 valence electrons. The number of rotatable bonds is 41. The van der Waals surface area contributed by atoms with Crippen molar-refractivity contribution in [3.05, 3.63) is 36.5 Å². The normalized spacial score (nSPS) is 13.2. The molecule has 0 N–H and O–H groups in total. The number of likely N-dealkylation sites (N-methyl/N-ethyl adjacent to an activating group) is 1. The van der Waals surface area contributed by atoms with Gasteiger partial charge in [0.25, 0.3) is 0 Å². The number of esters is 2. The van der Waals surface area contributed by atoms with Crippen LogP contribution in [0.1, 0.15) is 200 Å². The third kappa shape index (κ3) is 37.1. The molecule has 8 heteroatoms. The molecule has 0 saturated carbocycles. The first-order chi connectivity index (χ1) is 27.1. The summed E-state index contributed by atoms with van der Waals surface area (Å²) in [5, 5.41) is 11.6. The molecule has 0 saturated heterocycles. The predicted molar refractivity (Wildman–Crippen MR) is 231 cm³/mol. The number of ether oxygens (including phenoxy) is 3. The highest BCUT2D eigenvalue weighted by molar-refractivity contribution is 5.70.